The number of nitrogens with zero attached hydrogens (tertiary/aromatic N) is 1. The van der Waals surface area contributed by atoms with E-state index in [0.29, 0.717) is 16.3 Å². The maximum atomic E-state index is 13.2. The van der Waals surface area contributed by atoms with E-state index >= 15 is 0 Å². The lowest BCUT2D eigenvalue weighted by Crippen LogP contribution is -2.28. The van der Waals surface area contributed by atoms with E-state index in [1.165, 1.54) is 47.6 Å². The van der Waals surface area contributed by atoms with E-state index in [4.69, 9.17) is 25.5 Å². The highest BCUT2D eigenvalue weighted by Gasteiger charge is 2.38. The Balaban J connectivity index is 1.20. The lowest BCUT2D eigenvalue weighted by molar-refractivity contribution is -0.147. The fourth-order valence-corrected chi connectivity index (χ4v) is 4.54. The Kier molecular flexibility index (Phi) is 8.07. The van der Waals surface area contributed by atoms with Gasteiger partial charge in [0.05, 0.1) is 17.9 Å². The number of amides is 1. The Morgan fingerprint density at radius 1 is 0.902 bits per heavy atom. The molecule has 1 saturated heterocycles. The molecule has 0 aliphatic carbocycles. The van der Waals surface area contributed by atoms with Crippen molar-refractivity contribution in [2.45, 2.75) is 6.42 Å². The Morgan fingerprint density at radius 3 is 2.37 bits per heavy atom. The molecule has 1 fully saturated rings. The topological polar surface area (TPSA) is 120 Å². The van der Waals surface area contributed by atoms with Crippen LogP contribution in [0.5, 0.6) is 5.75 Å². The third-order valence-corrected chi connectivity index (χ3v) is 6.68. The Morgan fingerprint density at radius 2 is 1.66 bits per heavy atom. The summed E-state index contributed by atoms with van der Waals surface area (Å²) in [6.07, 6.45) is 1.21. The Labute approximate surface area is 239 Å². The number of esters is 2. The van der Waals surface area contributed by atoms with Crippen LogP contribution in [0.15, 0.2) is 95.6 Å². The first-order valence-electron chi connectivity index (χ1n) is 12.6. The molecule has 2 heterocycles. The second kappa shape index (κ2) is 12.0. The third-order valence-electron chi connectivity index (χ3n) is 6.44. The monoisotopic (exact) mass is 571 g/mol. The molecule has 10 heteroatoms. The molecule has 0 saturated carbocycles. The fraction of sp³-hybridized carbons (Fsp3) is 0.129. The number of carbonyl (C=O) groups excluding carboxylic acids is 5. The van der Waals surface area contributed by atoms with Crippen LogP contribution >= 0.6 is 11.6 Å². The number of hydrogen-bond acceptors (Lipinski definition) is 8. The molecule has 3 aromatic carbocycles. The standard InChI is InChI=1S/C31H22ClNO8/c32-22-10-13-25(24(16-22)29(36)20-5-2-1-3-6-20)33-17-21(15-28(33)35)30(37)40-18-26(34)19-8-11-23(12-9-19)41-31(38)27-7-4-14-39-27/h1-14,16,21H,15,17-18H2/t21-/m0/s1. The van der Waals surface area contributed by atoms with Crippen LogP contribution in [0.25, 0.3) is 0 Å². The van der Waals surface area contributed by atoms with Crippen molar-refractivity contribution in [1.29, 1.82) is 0 Å². The smallest absolute Gasteiger partial charge is 0.379 e. The molecule has 1 aliphatic rings. The number of anilines is 1. The van der Waals surface area contributed by atoms with Crippen LogP contribution in [-0.4, -0.2) is 42.6 Å². The number of ether oxygens (including phenoxy) is 2. The minimum Gasteiger partial charge on any atom is -0.457 e. The van der Waals surface area contributed by atoms with Crippen molar-refractivity contribution < 1.29 is 37.9 Å². The summed E-state index contributed by atoms with van der Waals surface area (Å²) < 4.78 is 15.4. The molecule has 1 aromatic heterocycles. The van der Waals surface area contributed by atoms with Crippen LogP contribution in [0.1, 0.15) is 43.3 Å². The third kappa shape index (κ3) is 6.26. The summed E-state index contributed by atoms with van der Waals surface area (Å²) in [4.78, 5) is 64.8. The minimum absolute atomic E-state index is 0.0156. The Bertz CT molecular complexity index is 1610. The van der Waals surface area contributed by atoms with Gasteiger partial charge in [0.1, 0.15) is 5.75 Å². The first kappa shape index (κ1) is 27.5. The lowest BCUT2D eigenvalue weighted by atomic mass is 10.0. The molecule has 1 aliphatic heterocycles. The molecule has 0 unspecified atom stereocenters. The van der Waals surface area contributed by atoms with E-state index in [1.54, 1.807) is 48.5 Å². The summed E-state index contributed by atoms with van der Waals surface area (Å²) in [6.45, 7) is -0.550. The molecular weight excluding hydrogens is 550 g/mol. The van der Waals surface area contributed by atoms with E-state index in [-0.39, 0.29) is 47.3 Å². The van der Waals surface area contributed by atoms with E-state index in [1.807, 2.05) is 0 Å². The molecule has 0 radical (unpaired) electrons. The van der Waals surface area contributed by atoms with Crippen molar-refractivity contribution in [2.75, 3.05) is 18.1 Å². The molecule has 0 spiro atoms. The van der Waals surface area contributed by atoms with Gasteiger partial charge in [-0.25, -0.2) is 4.79 Å². The molecule has 0 N–H and O–H groups in total. The average molecular weight is 572 g/mol. The van der Waals surface area contributed by atoms with Crippen molar-refractivity contribution in [1.82, 2.24) is 0 Å². The molecular formula is C31H22ClNO8. The number of ketones is 2. The van der Waals surface area contributed by atoms with Gasteiger partial charge >= 0.3 is 11.9 Å². The van der Waals surface area contributed by atoms with E-state index < -0.39 is 30.2 Å². The van der Waals surface area contributed by atoms with E-state index in [9.17, 15) is 24.0 Å². The Hall–Kier alpha value is -5.02. The molecule has 5 rings (SSSR count). The number of halogens is 1. The highest BCUT2D eigenvalue weighted by atomic mass is 35.5. The van der Waals surface area contributed by atoms with Gasteiger partial charge in [-0.15, -0.1) is 0 Å². The van der Waals surface area contributed by atoms with E-state index in [2.05, 4.69) is 0 Å². The van der Waals surface area contributed by atoms with Crippen LogP contribution in [-0.2, 0) is 14.3 Å². The van der Waals surface area contributed by atoms with Crippen LogP contribution in [0.4, 0.5) is 5.69 Å². The highest BCUT2D eigenvalue weighted by molar-refractivity contribution is 6.31. The molecule has 41 heavy (non-hydrogen) atoms. The summed E-state index contributed by atoms with van der Waals surface area (Å²) in [5.74, 6) is -3.11. The second-order valence-electron chi connectivity index (χ2n) is 9.18. The van der Waals surface area contributed by atoms with Gasteiger partial charge < -0.3 is 18.8 Å². The molecule has 0 bridgehead atoms. The van der Waals surface area contributed by atoms with Gasteiger partial charge in [-0.05, 0) is 54.6 Å². The zero-order valence-electron chi connectivity index (χ0n) is 21.5. The predicted molar refractivity (Wildman–Crippen MR) is 147 cm³/mol. The van der Waals surface area contributed by atoms with Crippen molar-refractivity contribution in [3.05, 3.63) is 119 Å². The van der Waals surface area contributed by atoms with Crippen molar-refractivity contribution in [3.63, 3.8) is 0 Å². The van der Waals surface area contributed by atoms with Crippen molar-refractivity contribution >= 4 is 46.7 Å². The number of Topliss-reactive ketones (excluding diaryl/α,β-unsaturated/α-hetero) is 1. The molecule has 9 nitrogen and oxygen atoms in total. The minimum atomic E-state index is -0.825. The maximum Gasteiger partial charge on any atom is 0.379 e. The zero-order chi connectivity index (χ0) is 28.9. The summed E-state index contributed by atoms with van der Waals surface area (Å²) in [7, 11) is 0. The first-order chi connectivity index (χ1) is 19.8. The second-order valence-corrected chi connectivity index (χ2v) is 9.62. The molecule has 1 atom stereocenters. The number of hydrogen-bond donors (Lipinski definition) is 0. The fourth-order valence-electron chi connectivity index (χ4n) is 4.37. The maximum absolute atomic E-state index is 13.2. The molecule has 1 amide bonds. The first-order valence-corrected chi connectivity index (χ1v) is 12.9. The number of rotatable bonds is 9. The van der Waals surface area contributed by atoms with Gasteiger partial charge in [-0.2, -0.15) is 0 Å². The number of furan rings is 1. The average Bonchev–Trinajstić information content (AvgIpc) is 3.67. The van der Waals surface area contributed by atoms with Gasteiger partial charge in [-0.3, -0.25) is 19.2 Å². The van der Waals surface area contributed by atoms with Crippen LogP contribution in [0.2, 0.25) is 5.02 Å². The van der Waals surface area contributed by atoms with Crippen LogP contribution in [0, 0.1) is 5.92 Å². The lowest BCUT2D eigenvalue weighted by Gasteiger charge is -2.20. The summed E-state index contributed by atoms with van der Waals surface area (Å²) >= 11 is 6.16. The van der Waals surface area contributed by atoms with Gasteiger partial charge in [-0.1, -0.05) is 41.9 Å². The predicted octanol–water partition coefficient (Wildman–Crippen LogP) is 5.16. The van der Waals surface area contributed by atoms with Gasteiger partial charge in [0.25, 0.3) is 0 Å². The number of benzene rings is 3. The normalized spacial score (nSPS) is 14.5. The van der Waals surface area contributed by atoms with Crippen molar-refractivity contribution in [2.24, 2.45) is 5.92 Å². The number of carbonyl (C=O) groups is 5. The molecule has 4 aromatic rings. The van der Waals surface area contributed by atoms with E-state index in [0.717, 1.165) is 0 Å². The summed E-state index contributed by atoms with van der Waals surface area (Å²) in [5.41, 5.74) is 1.25. The summed E-state index contributed by atoms with van der Waals surface area (Å²) in [6, 6.07) is 22.0. The van der Waals surface area contributed by atoms with Crippen LogP contribution in [0.3, 0.4) is 0 Å². The molecule has 206 valence electrons. The summed E-state index contributed by atoms with van der Waals surface area (Å²) in [5, 5.41) is 0.331. The quantitative estimate of drug-likeness (QED) is 0.153. The van der Waals surface area contributed by atoms with Gasteiger partial charge in [0, 0.05) is 34.7 Å². The van der Waals surface area contributed by atoms with Crippen molar-refractivity contribution in [3.8, 4) is 5.75 Å². The van der Waals surface area contributed by atoms with Crippen LogP contribution < -0.4 is 9.64 Å². The van der Waals surface area contributed by atoms with Gasteiger partial charge in [0.15, 0.2) is 18.2 Å². The zero-order valence-corrected chi connectivity index (χ0v) is 22.2. The largest absolute Gasteiger partial charge is 0.457 e. The highest BCUT2D eigenvalue weighted by Crippen LogP contribution is 2.32. The van der Waals surface area contributed by atoms with Gasteiger partial charge in [0.2, 0.25) is 11.7 Å². The SMILES string of the molecule is O=C(COC(=O)[C@H]1CC(=O)N(c2ccc(Cl)cc2C(=O)c2ccccc2)C1)c1ccc(OC(=O)c2ccco2)cc1.